The zero-order chi connectivity index (χ0) is 42.3. The molecule has 6 heterocycles. The Balaban J connectivity index is 1.35. The van der Waals surface area contributed by atoms with Gasteiger partial charge in [0, 0.05) is 6.92 Å². The SMILES string of the molecule is CC(=O)N[C@H]1[C@H](O[C@@H]2[C@@H](O)[C@H]3O[C@@H]4[C@@H](O)[C@@H](OC[C@H]5O[C@H](O[C@@H]6[C@@H](O)[C@@H](OC[C@@H](O3)[C@H]2O)O[C@H](CO)[C@H]6O)[C@H](O)[C@@H](O)[C@@H]5O)O[C@H](CO)[C@H]4O)O[C@H](CO)[C@@H](O)[C@@H]1O. The van der Waals surface area contributed by atoms with Crippen LogP contribution in [-0.4, -0.2) is 264 Å². The summed E-state index contributed by atoms with van der Waals surface area (Å²) in [4.78, 5) is 12.1. The molecule has 6 aliphatic rings. The van der Waals surface area contributed by atoms with Crippen molar-refractivity contribution in [2.45, 2.75) is 160 Å². The molecule has 15 N–H and O–H groups in total. The summed E-state index contributed by atoms with van der Waals surface area (Å²) in [6.45, 7) is -3.14. The van der Waals surface area contributed by atoms with Gasteiger partial charge in [0.2, 0.25) is 5.91 Å². The van der Waals surface area contributed by atoms with E-state index in [-0.39, 0.29) is 0 Å². The van der Waals surface area contributed by atoms with Crippen LogP contribution in [0.4, 0.5) is 0 Å². The number of carbonyl (C=O) groups excluding carboxylic acids is 1. The molecule has 1 amide bonds. The fourth-order valence-corrected chi connectivity index (χ4v) is 7.61. The van der Waals surface area contributed by atoms with E-state index in [0.29, 0.717) is 0 Å². The molecule has 6 fully saturated rings. The summed E-state index contributed by atoms with van der Waals surface area (Å²) in [7, 11) is 0. The third-order valence-corrected chi connectivity index (χ3v) is 10.9. The summed E-state index contributed by atoms with van der Waals surface area (Å²) < 4.78 is 57.0. The van der Waals surface area contributed by atoms with Crippen molar-refractivity contribution in [3.05, 3.63) is 0 Å². The lowest BCUT2D eigenvalue weighted by atomic mass is 9.95. The molecule has 0 aliphatic carbocycles. The molecule has 26 nitrogen and oxygen atoms in total. The highest BCUT2D eigenvalue weighted by Gasteiger charge is 2.56. The van der Waals surface area contributed by atoms with Crippen LogP contribution in [0.3, 0.4) is 0 Å². The molecule has 0 aromatic rings. The normalized spacial score (nSPS) is 53.2. The molecule has 6 saturated heterocycles. The predicted molar refractivity (Wildman–Crippen MR) is 175 cm³/mol. The van der Waals surface area contributed by atoms with Gasteiger partial charge in [-0.15, -0.1) is 0 Å². The van der Waals surface area contributed by atoms with E-state index in [0.717, 1.165) is 6.92 Å². The average Bonchev–Trinajstić information content (AvgIpc) is 3.19. The highest BCUT2D eigenvalue weighted by atomic mass is 16.8. The Labute approximate surface area is 328 Å². The lowest BCUT2D eigenvalue weighted by Gasteiger charge is -2.49. The zero-order valence-corrected chi connectivity index (χ0v) is 30.7. The summed E-state index contributed by atoms with van der Waals surface area (Å²) in [5.74, 6) is -0.733. The monoisotopic (exact) mass is 851 g/mol. The fourth-order valence-electron chi connectivity index (χ4n) is 7.61. The molecule has 0 spiro atoms. The molecule has 26 heteroatoms. The summed E-state index contributed by atoms with van der Waals surface area (Å²) in [5.41, 5.74) is 0. The van der Waals surface area contributed by atoms with Crippen LogP contribution in [0.25, 0.3) is 0 Å². The second-order valence-electron chi connectivity index (χ2n) is 14.9. The quantitative estimate of drug-likeness (QED) is 0.118. The van der Waals surface area contributed by atoms with Gasteiger partial charge in [0.25, 0.3) is 0 Å². The van der Waals surface area contributed by atoms with E-state index in [1.165, 1.54) is 0 Å². The highest BCUT2D eigenvalue weighted by Crippen LogP contribution is 2.35. The fraction of sp³-hybridized carbons (Fsp3) is 0.969. The van der Waals surface area contributed by atoms with Crippen molar-refractivity contribution in [1.82, 2.24) is 5.32 Å². The number of nitrogens with one attached hydrogen (secondary N) is 1. The minimum absolute atomic E-state index is 0.733. The standard InChI is InChI=1S/C32H53NO25/c1-7(37)33-13-19(43)14(38)8(2-34)51-28(13)56-27-18(42)12-6-50-30-22(46)25(16(40)9(3-35)53-30)57-31-21(45)20(44)15(39)11(54-31)5-49-29-23(47)26(17(41)10(4-36)52-29)58-32(55-12)24(27)48/h8-32,34-36,38-48H,2-6H2,1H3,(H,33,37)/t8-,9-,10-,11-,12-,13-,14-,15-,16-,17-,18-,19-,20+,21-,22-,23-,24-,25+,26+,27+,28+,29+,30+,31-,32-/m1/s1. The van der Waals surface area contributed by atoms with Gasteiger partial charge < -0.3 is 124 Å². The molecule has 25 atom stereocenters. The Hall–Kier alpha value is -1.49. The van der Waals surface area contributed by atoms with Crippen LogP contribution >= 0.6 is 0 Å². The number of hydrogen-bond donors (Lipinski definition) is 15. The first-order chi connectivity index (χ1) is 27.5. The Morgan fingerprint density at radius 1 is 0.500 bits per heavy atom. The van der Waals surface area contributed by atoms with Gasteiger partial charge in [-0.1, -0.05) is 0 Å². The Bertz CT molecular complexity index is 1340. The van der Waals surface area contributed by atoms with Crippen LogP contribution in [0, 0.1) is 0 Å². The van der Waals surface area contributed by atoms with E-state index in [1.807, 2.05) is 0 Å². The Kier molecular flexibility index (Phi) is 15.3. The Morgan fingerprint density at radius 2 is 0.966 bits per heavy atom. The van der Waals surface area contributed by atoms with E-state index in [1.54, 1.807) is 0 Å². The largest absolute Gasteiger partial charge is 0.394 e. The van der Waals surface area contributed by atoms with E-state index >= 15 is 0 Å². The van der Waals surface area contributed by atoms with Gasteiger partial charge in [-0.3, -0.25) is 4.79 Å². The summed E-state index contributed by atoms with van der Waals surface area (Å²) in [6.07, 6.45) is -44.1. The van der Waals surface area contributed by atoms with Gasteiger partial charge in [0.15, 0.2) is 31.5 Å². The maximum absolute atomic E-state index is 12.1. The summed E-state index contributed by atoms with van der Waals surface area (Å²) >= 11 is 0. The topological polar surface area (TPSA) is 405 Å². The summed E-state index contributed by atoms with van der Waals surface area (Å²) in [6, 6.07) is -1.57. The van der Waals surface area contributed by atoms with Crippen molar-refractivity contribution in [3.63, 3.8) is 0 Å². The lowest BCUT2D eigenvalue weighted by molar-refractivity contribution is -0.390. The van der Waals surface area contributed by atoms with Crippen molar-refractivity contribution in [2.75, 3.05) is 33.0 Å². The first kappa shape index (κ1) is 46.0. The van der Waals surface area contributed by atoms with Crippen LogP contribution in [-0.2, 0) is 52.2 Å². The third kappa shape index (κ3) is 9.16. The minimum Gasteiger partial charge on any atom is -0.394 e. The van der Waals surface area contributed by atoms with Crippen LogP contribution in [0.2, 0.25) is 0 Å². The van der Waals surface area contributed by atoms with Crippen LogP contribution in [0.1, 0.15) is 6.92 Å². The molecule has 336 valence electrons. The molecule has 6 rings (SSSR count). The smallest absolute Gasteiger partial charge is 0.217 e. The van der Waals surface area contributed by atoms with Crippen molar-refractivity contribution in [3.8, 4) is 0 Å². The van der Waals surface area contributed by atoms with Crippen molar-refractivity contribution in [1.29, 1.82) is 0 Å². The Morgan fingerprint density at radius 3 is 1.45 bits per heavy atom. The van der Waals surface area contributed by atoms with Crippen LogP contribution in [0.15, 0.2) is 0 Å². The van der Waals surface area contributed by atoms with E-state index in [4.69, 9.17) is 47.4 Å². The van der Waals surface area contributed by atoms with E-state index < -0.39 is 192 Å². The van der Waals surface area contributed by atoms with E-state index in [2.05, 4.69) is 5.32 Å². The van der Waals surface area contributed by atoms with Crippen LogP contribution in [0.5, 0.6) is 0 Å². The number of amides is 1. The zero-order valence-electron chi connectivity index (χ0n) is 30.7. The van der Waals surface area contributed by atoms with Gasteiger partial charge in [-0.05, 0) is 0 Å². The van der Waals surface area contributed by atoms with Crippen molar-refractivity contribution < 1.29 is 124 Å². The molecule has 0 aromatic carbocycles. The lowest BCUT2D eigenvalue weighted by Crippen LogP contribution is -2.69. The predicted octanol–water partition coefficient (Wildman–Crippen LogP) is -10.7. The second kappa shape index (κ2) is 19.3. The number of hydrogen-bond acceptors (Lipinski definition) is 25. The maximum atomic E-state index is 12.1. The van der Waals surface area contributed by atoms with Gasteiger partial charge in [0.1, 0.15) is 122 Å². The number of carbonyl (C=O) groups is 1. The molecule has 6 aliphatic heterocycles. The number of fused-ring (bicyclic) bond motifs is 8. The third-order valence-electron chi connectivity index (χ3n) is 10.9. The molecule has 0 radical (unpaired) electrons. The first-order valence-electron chi connectivity index (χ1n) is 18.6. The van der Waals surface area contributed by atoms with Crippen LogP contribution < -0.4 is 5.32 Å². The molecule has 58 heavy (non-hydrogen) atoms. The minimum atomic E-state index is -2.12. The molecular weight excluding hydrogens is 798 g/mol. The molecular formula is C32H53NO25. The molecule has 0 aromatic heterocycles. The van der Waals surface area contributed by atoms with E-state index in [9.17, 15) is 76.3 Å². The van der Waals surface area contributed by atoms with Crippen molar-refractivity contribution in [2.24, 2.45) is 0 Å². The first-order valence-corrected chi connectivity index (χ1v) is 18.6. The highest BCUT2D eigenvalue weighted by molar-refractivity contribution is 5.73. The van der Waals surface area contributed by atoms with Gasteiger partial charge in [-0.25, -0.2) is 0 Å². The second-order valence-corrected chi connectivity index (χ2v) is 14.9. The number of aliphatic hydroxyl groups excluding tert-OH is 14. The number of ether oxygens (including phenoxy) is 10. The maximum Gasteiger partial charge on any atom is 0.217 e. The molecule has 0 unspecified atom stereocenters. The van der Waals surface area contributed by atoms with Gasteiger partial charge >= 0.3 is 0 Å². The van der Waals surface area contributed by atoms with Gasteiger partial charge in [-0.2, -0.15) is 0 Å². The average molecular weight is 852 g/mol. The van der Waals surface area contributed by atoms with Crippen molar-refractivity contribution >= 4 is 5.91 Å². The summed E-state index contributed by atoms with van der Waals surface area (Å²) in [5, 5.41) is 153. The molecule has 0 saturated carbocycles. The number of rotatable bonds is 6. The molecule has 8 bridgehead atoms. The van der Waals surface area contributed by atoms with Gasteiger partial charge in [0.05, 0.1) is 33.0 Å². The number of aliphatic hydroxyl groups is 14.